The van der Waals surface area contributed by atoms with Crippen molar-refractivity contribution in [3.05, 3.63) is 12.2 Å². The standard InChI is InChI=1S/C11H23N/c1-5-7-8-9-10-12(6-2)11(3)4/h5,7,11H,6,8-10H2,1-4H3/b7-5+. The van der Waals surface area contributed by atoms with Gasteiger partial charge >= 0.3 is 0 Å². The lowest BCUT2D eigenvalue weighted by Gasteiger charge is -2.24. The van der Waals surface area contributed by atoms with Gasteiger partial charge in [0.2, 0.25) is 0 Å². The molecular weight excluding hydrogens is 146 g/mol. The fraction of sp³-hybridized carbons (Fsp3) is 0.818. The molecular formula is C11H23N. The summed E-state index contributed by atoms with van der Waals surface area (Å²) in [5.41, 5.74) is 0. The molecule has 0 aromatic carbocycles. The van der Waals surface area contributed by atoms with Gasteiger partial charge in [-0.05, 0) is 46.7 Å². The topological polar surface area (TPSA) is 3.24 Å². The maximum atomic E-state index is 2.50. The average Bonchev–Trinajstić information content (AvgIpc) is 2.04. The Balaban J connectivity index is 3.45. The van der Waals surface area contributed by atoms with Gasteiger partial charge in [0, 0.05) is 6.04 Å². The Morgan fingerprint density at radius 3 is 2.42 bits per heavy atom. The zero-order chi connectivity index (χ0) is 9.40. The zero-order valence-corrected chi connectivity index (χ0v) is 9.01. The molecule has 0 fully saturated rings. The van der Waals surface area contributed by atoms with Crippen molar-refractivity contribution in [2.75, 3.05) is 13.1 Å². The first kappa shape index (κ1) is 11.7. The molecule has 0 unspecified atom stereocenters. The molecule has 0 amide bonds. The van der Waals surface area contributed by atoms with E-state index in [1.807, 2.05) is 0 Å². The van der Waals surface area contributed by atoms with Crippen LogP contribution in [0.3, 0.4) is 0 Å². The average molecular weight is 169 g/mol. The van der Waals surface area contributed by atoms with E-state index in [9.17, 15) is 0 Å². The molecule has 0 aliphatic carbocycles. The molecule has 0 radical (unpaired) electrons. The predicted molar refractivity (Wildman–Crippen MR) is 56.4 cm³/mol. The second kappa shape index (κ2) is 7.35. The minimum absolute atomic E-state index is 0.695. The van der Waals surface area contributed by atoms with Crippen molar-refractivity contribution in [1.82, 2.24) is 4.90 Å². The summed E-state index contributed by atoms with van der Waals surface area (Å²) >= 11 is 0. The van der Waals surface area contributed by atoms with Crippen LogP contribution in [0.1, 0.15) is 40.5 Å². The van der Waals surface area contributed by atoms with E-state index in [1.165, 1.54) is 25.9 Å². The van der Waals surface area contributed by atoms with Gasteiger partial charge in [0.1, 0.15) is 0 Å². The largest absolute Gasteiger partial charge is 0.301 e. The van der Waals surface area contributed by atoms with Gasteiger partial charge in [-0.2, -0.15) is 0 Å². The Hall–Kier alpha value is -0.300. The molecule has 0 rings (SSSR count). The number of nitrogens with zero attached hydrogens (tertiary/aromatic N) is 1. The highest BCUT2D eigenvalue weighted by molar-refractivity contribution is 4.77. The SMILES string of the molecule is C/C=C/CCCN(CC)C(C)C. The van der Waals surface area contributed by atoms with Gasteiger partial charge in [-0.1, -0.05) is 19.1 Å². The molecule has 0 spiro atoms. The van der Waals surface area contributed by atoms with Crippen LogP contribution in [0.25, 0.3) is 0 Å². The molecule has 0 saturated heterocycles. The molecule has 0 aliphatic heterocycles. The second-order valence-corrected chi connectivity index (χ2v) is 3.43. The lowest BCUT2D eigenvalue weighted by molar-refractivity contribution is 0.231. The van der Waals surface area contributed by atoms with Crippen LogP contribution in [0.15, 0.2) is 12.2 Å². The van der Waals surface area contributed by atoms with Crippen molar-refractivity contribution >= 4 is 0 Å². The summed E-state index contributed by atoms with van der Waals surface area (Å²) in [5.74, 6) is 0. The first-order valence-electron chi connectivity index (χ1n) is 5.07. The molecule has 0 N–H and O–H groups in total. The van der Waals surface area contributed by atoms with Crippen LogP contribution >= 0.6 is 0 Å². The Morgan fingerprint density at radius 2 is 2.00 bits per heavy atom. The minimum atomic E-state index is 0.695. The molecule has 0 aromatic rings. The Labute approximate surface area is 77.5 Å². The first-order valence-corrected chi connectivity index (χ1v) is 5.07. The highest BCUT2D eigenvalue weighted by Crippen LogP contribution is 2.01. The summed E-state index contributed by atoms with van der Waals surface area (Å²) in [6.45, 7) is 11.3. The van der Waals surface area contributed by atoms with Crippen LogP contribution in [0, 0.1) is 0 Å². The molecule has 1 nitrogen and oxygen atoms in total. The molecule has 0 heterocycles. The van der Waals surface area contributed by atoms with Crippen LogP contribution in [0.2, 0.25) is 0 Å². The lowest BCUT2D eigenvalue weighted by atomic mass is 10.2. The second-order valence-electron chi connectivity index (χ2n) is 3.43. The maximum Gasteiger partial charge on any atom is 0.00384 e. The molecule has 0 atom stereocenters. The third-order valence-electron chi connectivity index (χ3n) is 2.19. The van der Waals surface area contributed by atoms with Crippen molar-refractivity contribution in [2.45, 2.75) is 46.6 Å². The molecule has 1 heteroatoms. The molecule has 0 aliphatic rings. The van der Waals surface area contributed by atoms with E-state index in [-0.39, 0.29) is 0 Å². The quantitative estimate of drug-likeness (QED) is 0.436. The first-order chi connectivity index (χ1) is 5.72. The van der Waals surface area contributed by atoms with Gasteiger partial charge in [-0.3, -0.25) is 0 Å². The van der Waals surface area contributed by atoms with Gasteiger partial charge in [0.15, 0.2) is 0 Å². The Morgan fingerprint density at radius 1 is 1.33 bits per heavy atom. The van der Waals surface area contributed by atoms with E-state index < -0.39 is 0 Å². The summed E-state index contributed by atoms with van der Waals surface area (Å²) < 4.78 is 0. The fourth-order valence-electron chi connectivity index (χ4n) is 1.36. The summed E-state index contributed by atoms with van der Waals surface area (Å²) in [4.78, 5) is 2.50. The van der Waals surface area contributed by atoms with Crippen LogP contribution in [0.5, 0.6) is 0 Å². The van der Waals surface area contributed by atoms with Crippen molar-refractivity contribution in [3.8, 4) is 0 Å². The fourth-order valence-corrected chi connectivity index (χ4v) is 1.36. The van der Waals surface area contributed by atoms with Crippen LogP contribution < -0.4 is 0 Å². The van der Waals surface area contributed by atoms with Gasteiger partial charge in [0.25, 0.3) is 0 Å². The predicted octanol–water partition coefficient (Wildman–Crippen LogP) is 3.07. The highest BCUT2D eigenvalue weighted by atomic mass is 15.1. The molecule has 0 saturated carbocycles. The summed E-state index contributed by atoms with van der Waals surface area (Å²) in [7, 11) is 0. The van der Waals surface area contributed by atoms with Gasteiger partial charge in [-0.15, -0.1) is 0 Å². The van der Waals surface area contributed by atoms with Crippen LogP contribution in [0.4, 0.5) is 0 Å². The number of unbranched alkanes of at least 4 members (excludes halogenated alkanes) is 1. The third kappa shape index (κ3) is 5.36. The van der Waals surface area contributed by atoms with E-state index >= 15 is 0 Å². The van der Waals surface area contributed by atoms with E-state index in [0.717, 1.165) is 0 Å². The molecule has 72 valence electrons. The van der Waals surface area contributed by atoms with E-state index in [1.54, 1.807) is 0 Å². The number of allylic oxidation sites excluding steroid dienone is 2. The minimum Gasteiger partial charge on any atom is -0.301 e. The van der Waals surface area contributed by atoms with E-state index in [0.29, 0.717) is 6.04 Å². The Bertz CT molecular complexity index is 116. The summed E-state index contributed by atoms with van der Waals surface area (Å²) in [6.07, 6.45) is 6.88. The van der Waals surface area contributed by atoms with E-state index in [2.05, 4.69) is 44.7 Å². The van der Waals surface area contributed by atoms with Crippen LogP contribution in [-0.4, -0.2) is 24.0 Å². The summed E-state index contributed by atoms with van der Waals surface area (Å²) in [6, 6.07) is 0.695. The molecule has 12 heavy (non-hydrogen) atoms. The number of rotatable bonds is 6. The lowest BCUT2D eigenvalue weighted by Crippen LogP contribution is -2.31. The van der Waals surface area contributed by atoms with Crippen LogP contribution in [-0.2, 0) is 0 Å². The maximum absolute atomic E-state index is 2.50. The van der Waals surface area contributed by atoms with Crippen molar-refractivity contribution in [1.29, 1.82) is 0 Å². The third-order valence-corrected chi connectivity index (χ3v) is 2.19. The highest BCUT2D eigenvalue weighted by Gasteiger charge is 2.04. The van der Waals surface area contributed by atoms with Crippen molar-refractivity contribution in [2.24, 2.45) is 0 Å². The number of hydrogen-bond donors (Lipinski definition) is 0. The smallest absolute Gasteiger partial charge is 0.00384 e. The van der Waals surface area contributed by atoms with Gasteiger partial charge in [0.05, 0.1) is 0 Å². The molecule has 0 aromatic heterocycles. The normalized spacial score (nSPS) is 12.2. The van der Waals surface area contributed by atoms with Crippen molar-refractivity contribution in [3.63, 3.8) is 0 Å². The Kier molecular flexibility index (Phi) is 7.17. The monoisotopic (exact) mass is 169 g/mol. The van der Waals surface area contributed by atoms with Crippen molar-refractivity contribution < 1.29 is 0 Å². The zero-order valence-electron chi connectivity index (χ0n) is 9.01. The van der Waals surface area contributed by atoms with Gasteiger partial charge < -0.3 is 4.90 Å². The van der Waals surface area contributed by atoms with E-state index in [4.69, 9.17) is 0 Å². The molecule has 0 bridgehead atoms. The summed E-state index contributed by atoms with van der Waals surface area (Å²) in [5, 5.41) is 0. The number of hydrogen-bond acceptors (Lipinski definition) is 1. The van der Waals surface area contributed by atoms with Gasteiger partial charge in [-0.25, -0.2) is 0 Å².